The standard InChI is InChI=1S/C15H15FN4O/c16-12-4-2-1-3-10(12)8-17-15(21)13-7-14(19-9-18-13)20-11-5-6-11/h1-4,7,9,11H,5-6,8H2,(H,17,21)(H,18,19,20). The molecule has 1 aromatic carbocycles. The molecule has 1 saturated carbocycles. The summed E-state index contributed by atoms with van der Waals surface area (Å²) >= 11 is 0. The first-order chi connectivity index (χ1) is 10.2. The molecule has 0 spiro atoms. The van der Waals surface area contributed by atoms with Crippen molar-refractivity contribution in [3.63, 3.8) is 0 Å². The van der Waals surface area contributed by atoms with Crippen LogP contribution in [0.25, 0.3) is 0 Å². The van der Waals surface area contributed by atoms with Crippen LogP contribution in [0.1, 0.15) is 28.9 Å². The van der Waals surface area contributed by atoms with Crippen LogP contribution in [0.4, 0.5) is 10.2 Å². The molecule has 2 N–H and O–H groups in total. The van der Waals surface area contributed by atoms with Crippen LogP contribution in [-0.2, 0) is 6.54 Å². The van der Waals surface area contributed by atoms with Crippen molar-refractivity contribution < 1.29 is 9.18 Å². The van der Waals surface area contributed by atoms with Crippen LogP contribution in [-0.4, -0.2) is 21.9 Å². The number of nitrogens with zero attached hydrogens (tertiary/aromatic N) is 2. The van der Waals surface area contributed by atoms with Gasteiger partial charge in [-0.25, -0.2) is 14.4 Å². The fraction of sp³-hybridized carbons (Fsp3) is 0.267. The molecule has 1 aromatic heterocycles. The molecular formula is C15H15FN4O. The first-order valence-corrected chi connectivity index (χ1v) is 6.82. The van der Waals surface area contributed by atoms with Crippen molar-refractivity contribution in [2.24, 2.45) is 0 Å². The molecule has 1 aliphatic rings. The maximum absolute atomic E-state index is 13.5. The summed E-state index contributed by atoms with van der Waals surface area (Å²) in [6.07, 6.45) is 3.60. The van der Waals surface area contributed by atoms with E-state index in [0.29, 0.717) is 17.4 Å². The highest BCUT2D eigenvalue weighted by molar-refractivity contribution is 5.92. The lowest BCUT2D eigenvalue weighted by Gasteiger charge is -2.07. The summed E-state index contributed by atoms with van der Waals surface area (Å²) in [7, 11) is 0. The van der Waals surface area contributed by atoms with Crippen molar-refractivity contribution in [2.75, 3.05) is 5.32 Å². The highest BCUT2D eigenvalue weighted by atomic mass is 19.1. The van der Waals surface area contributed by atoms with Gasteiger partial charge in [0.05, 0.1) is 0 Å². The van der Waals surface area contributed by atoms with Crippen molar-refractivity contribution >= 4 is 11.7 Å². The van der Waals surface area contributed by atoms with E-state index in [1.807, 2.05) is 0 Å². The van der Waals surface area contributed by atoms with Gasteiger partial charge < -0.3 is 10.6 Å². The number of hydrogen-bond acceptors (Lipinski definition) is 4. The predicted octanol–water partition coefficient (Wildman–Crippen LogP) is 2.12. The average Bonchev–Trinajstić information content (AvgIpc) is 3.30. The Labute approximate surface area is 121 Å². The van der Waals surface area contributed by atoms with Gasteiger partial charge in [-0.3, -0.25) is 4.79 Å². The summed E-state index contributed by atoms with van der Waals surface area (Å²) in [6.45, 7) is 0.126. The summed E-state index contributed by atoms with van der Waals surface area (Å²) < 4.78 is 13.5. The molecule has 1 amide bonds. The number of hydrogen-bond donors (Lipinski definition) is 2. The zero-order valence-electron chi connectivity index (χ0n) is 11.3. The topological polar surface area (TPSA) is 66.9 Å². The van der Waals surface area contributed by atoms with Crippen LogP contribution in [0.15, 0.2) is 36.7 Å². The number of nitrogens with one attached hydrogen (secondary N) is 2. The van der Waals surface area contributed by atoms with Crippen LogP contribution < -0.4 is 10.6 Å². The minimum atomic E-state index is -0.348. The van der Waals surface area contributed by atoms with Gasteiger partial charge in [-0.1, -0.05) is 18.2 Å². The quantitative estimate of drug-likeness (QED) is 0.883. The average molecular weight is 286 g/mol. The molecule has 6 heteroatoms. The largest absolute Gasteiger partial charge is 0.367 e. The normalized spacial score (nSPS) is 13.8. The highest BCUT2D eigenvalue weighted by Crippen LogP contribution is 2.23. The van der Waals surface area contributed by atoms with E-state index >= 15 is 0 Å². The molecule has 0 unspecified atom stereocenters. The molecule has 108 valence electrons. The third-order valence-electron chi connectivity index (χ3n) is 3.23. The fourth-order valence-corrected chi connectivity index (χ4v) is 1.91. The van der Waals surface area contributed by atoms with Crippen LogP contribution >= 0.6 is 0 Å². The zero-order chi connectivity index (χ0) is 14.7. The van der Waals surface area contributed by atoms with E-state index < -0.39 is 0 Å². The van der Waals surface area contributed by atoms with E-state index in [1.54, 1.807) is 24.3 Å². The Morgan fingerprint density at radius 3 is 2.86 bits per heavy atom. The molecule has 1 aliphatic carbocycles. The summed E-state index contributed by atoms with van der Waals surface area (Å²) in [6, 6.07) is 8.40. The number of aromatic nitrogens is 2. The van der Waals surface area contributed by atoms with Gasteiger partial charge in [-0.2, -0.15) is 0 Å². The van der Waals surface area contributed by atoms with Gasteiger partial charge in [0.2, 0.25) is 0 Å². The molecule has 21 heavy (non-hydrogen) atoms. The number of carbonyl (C=O) groups excluding carboxylic acids is 1. The first-order valence-electron chi connectivity index (χ1n) is 6.82. The zero-order valence-corrected chi connectivity index (χ0v) is 11.3. The molecular weight excluding hydrogens is 271 g/mol. The molecule has 0 radical (unpaired) electrons. The Bertz CT molecular complexity index is 658. The SMILES string of the molecule is O=C(NCc1ccccc1F)c1cc(NC2CC2)ncn1. The van der Waals surface area contributed by atoms with Gasteiger partial charge >= 0.3 is 0 Å². The monoisotopic (exact) mass is 286 g/mol. The molecule has 3 rings (SSSR count). The first kappa shape index (κ1) is 13.5. The summed E-state index contributed by atoms with van der Waals surface area (Å²) in [4.78, 5) is 20.0. The van der Waals surface area contributed by atoms with E-state index in [1.165, 1.54) is 12.4 Å². The van der Waals surface area contributed by atoms with Crippen LogP contribution in [0.3, 0.4) is 0 Å². The Kier molecular flexibility index (Phi) is 3.77. The van der Waals surface area contributed by atoms with E-state index in [-0.39, 0.29) is 24.0 Å². The molecule has 1 fully saturated rings. The van der Waals surface area contributed by atoms with Gasteiger partial charge in [0.1, 0.15) is 23.7 Å². The van der Waals surface area contributed by atoms with Crippen molar-refractivity contribution in [3.8, 4) is 0 Å². The van der Waals surface area contributed by atoms with E-state index in [4.69, 9.17) is 0 Å². The number of benzene rings is 1. The van der Waals surface area contributed by atoms with Gasteiger partial charge in [0.15, 0.2) is 0 Å². The maximum atomic E-state index is 13.5. The second-order valence-electron chi connectivity index (χ2n) is 4.98. The van der Waals surface area contributed by atoms with Gasteiger partial charge in [0, 0.05) is 24.2 Å². The van der Waals surface area contributed by atoms with E-state index in [2.05, 4.69) is 20.6 Å². The highest BCUT2D eigenvalue weighted by Gasteiger charge is 2.21. The smallest absolute Gasteiger partial charge is 0.270 e. The minimum absolute atomic E-state index is 0.126. The second kappa shape index (κ2) is 5.87. The summed E-state index contributed by atoms with van der Waals surface area (Å²) in [5, 5.41) is 5.86. The van der Waals surface area contributed by atoms with Crippen molar-refractivity contribution in [1.82, 2.24) is 15.3 Å². The van der Waals surface area contributed by atoms with Crippen LogP contribution in [0.5, 0.6) is 0 Å². The lowest BCUT2D eigenvalue weighted by Crippen LogP contribution is -2.24. The summed E-state index contributed by atoms with van der Waals surface area (Å²) in [5.74, 6) is -0.0420. The summed E-state index contributed by atoms with van der Waals surface area (Å²) in [5.41, 5.74) is 0.709. The molecule has 0 aliphatic heterocycles. The number of rotatable bonds is 5. The number of amides is 1. The molecule has 0 bridgehead atoms. The minimum Gasteiger partial charge on any atom is -0.367 e. The van der Waals surface area contributed by atoms with Crippen LogP contribution in [0, 0.1) is 5.82 Å². The second-order valence-corrected chi connectivity index (χ2v) is 4.98. The van der Waals surface area contributed by atoms with Crippen molar-refractivity contribution in [3.05, 3.63) is 53.7 Å². The maximum Gasteiger partial charge on any atom is 0.270 e. The Balaban J connectivity index is 1.63. The Morgan fingerprint density at radius 1 is 1.29 bits per heavy atom. The molecule has 2 aromatic rings. The lowest BCUT2D eigenvalue weighted by atomic mass is 10.2. The van der Waals surface area contributed by atoms with E-state index in [9.17, 15) is 9.18 Å². The Hall–Kier alpha value is -2.50. The van der Waals surface area contributed by atoms with Gasteiger partial charge in [-0.15, -0.1) is 0 Å². The van der Waals surface area contributed by atoms with Crippen molar-refractivity contribution in [2.45, 2.75) is 25.4 Å². The third-order valence-corrected chi connectivity index (χ3v) is 3.23. The van der Waals surface area contributed by atoms with Crippen molar-refractivity contribution in [1.29, 1.82) is 0 Å². The molecule has 0 saturated heterocycles. The van der Waals surface area contributed by atoms with E-state index in [0.717, 1.165) is 12.8 Å². The molecule has 0 atom stereocenters. The van der Waals surface area contributed by atoms with Gasteiger partial charge in [0.25, 0.3) is 5.91 Å². The van der Waals surface area contributed by atoms with Crippen LogP contribution in [0.2, 0.25) is 0 Å². The fourth-order valence-electron chi connectivity index (χ4n) is 1.91. The number of anilines is 1. The van der Waals surface area contributed by atoms with Gasteiger partial charge in [-0.05, 0) is 18.9 Å². The molecule has 5 nitrogen and oxygen atoms in total. The number of halogens is 1. The molecule has 1 heterocycles. The third kappa shape index (κ3) is 3.53. The number of carbonyl (C=O) groups is 1. The predicted molar refractivity (Wildman–Crippen MR) is 76.2 cm³/mol. The Morgan fingerprint density at radius 2 is 2.10 bits per heavy atom. The lowest BCUT2D eigenvalue weighted by molar-refractivity contribution is 0.0945.